The third-order valence-corrected chi connectivity index (χ3v) is 1.06. The number of aliphatic hydroxyl groups is 4. The van der Waals surface area contributed by atoms with E-state index in [1.54, 1.807) is 0 Å². The Hall–Kier alpha value is -0.160. The smallest absolute Gasteiger partial charge is 0.103 e. The van der Waals surface area contributed by atoms with E-state index in [-0.39, 0.29) is 13.0 Å². The fourth-order valence-corrected chi connectivity index (χ4v) is 0.446. The molecule has 9 heavy (non-hydrogen) atoms. The lowest BCUT2D eigenvalue weighted by Crippen LogP contribution is -2.29. The Morgan fingerprint density at radius 3 is 1.89 bits per heavy atom. The molecule has 0 bridgehead atoms. The summed E-state index contributed by atoms with van der Waals surface area (Å²) >= 11 is 0. The number of hydrogen-bond donors (Lipinski definition) is 4. The quantitative estimate of drug-likeness (QED) is 0.363. The molecule has 4 nitrogen and oxygen atoms in total. The van der Waals surface area contributed by atoms with Crippen LogP contribution >= 0.6 is 0 Å². The van der Waals surface area contributed by atoms with Crippen LogP contribution in [-0.2, 0) is 0 Å². The molecular formula is C5H12O4. The summed E-state index contributed by atoms with van der Waals surface area (Å²) in [5.74, 6) is 0. The highest BCUT2D eigenvalue weighted by Gasteiger charge is 2.13. The van der Waals surface area contributed by atoms with Crippen molar-refractivity contribution in [2.45, 2.75) is 18.6 Å². The molecule has 0 aromatic heterocycles. The molecule has 0 radical (unpaired) electrons. The molecule has 0 rings (SSSR count). The second-order valence-corrected chi connectivity index (χ2v) is 1.83. The lowest BCUT2D eigenvalue weighted by molar-refractivity contribution is -0.0238. The highest BCUT2D eigenvalue weighted by Crippen LogP contribution is 1.95. The van der Waals surface area contributed by atoms with Gasteiger partial charge in [0.25, 0.3) is 0 Å². The largest absolute Gasteiger partial charge is 0.396 e. The first-order valence-electron chi connectivity index (χ1n) is 2.80. The Morgan fingerprint density at radius 2 is 1.56 bits per heavy atom. The van der Waals surface area contributed by atoms with E-state index in [0.717, 1.165) is 0 Å². The number of hydrogen-bond acceptors (Lipinski definition) is 4. The van der Waals surface area contributed by atoms with Crippen molar-refractivity contribution in [3.8, 4) is 0 Å². The molecule has 56 valence electrons. The van der Waals surface area contributed by atoms with E-state index in [1.807, 2.05) is 0 Å². The van der Waals surface area contributed by atoms with Gasteiger partial charge in [0.2, 0.25) is 0 Å². The maximum Gasteiger partial charge on any atom is 0.103 e. The van der Waals surface area contributed by atoms with E-state index in [9.17, 15) is 0 Å². The maximum atomic E-state index is 8.75. The zero-order valence-electron chi connectivity index (χ0n) is 5.06. The Bertz CT molecular complexity index is 66.0. The zero-order valence-corrected chi connectivity index (χ0v) is 5.06. The molecule has 0 amide bonds. The molecule has 0 unspecified atom stereocenters. The highest BCUT2D eigenvalue weighted by atomic mass is 16.4. The summed E-state index contributed by atoms with van der Waals surface area (Å²) < 4.78 is 0. The molecule has 0 aliphatic heterocycles. The average Bonchev–Trinajstić information content (AvgIpc) is 1.87. The molecule has 2 atom stereocenters. The number of rotatable bonds is 4. The van der Waals surface area contributed by atoms with Crippen LogP contribution in [0.2, 0.25) is 0 Å². The van der Waals surface area contributed by atoms with Crippen molar-refractivity contribution in [1.82, 2.24) is 0 Å². The summed E-state index contributed by atoms with van der Waals surface area (Å²) in [6, 6.07) is 0. The van der Waals surface area contributed by atoms with Crippen LogP contribution in [0.4, 0.5) is 0 Å². The van der Waals surface area contributed by atoms with Crippen molar-refractivity contribution < 1.29 is 20.4 Å². The molecule has 0 aliphatic carbocycles. The van der Waals surface area contributed by atoms with Gasteiger partial charge in [0, 0.05) is 6.61 Å². The van der Waals surface area contributed by atoms with Crippen molar-refractivity contribution in [2.75, 3.05) is 13.2 Å². The van der Waals surface area contributed by atoms with Gasteiger partial charge in [0.1, 0.15) is 6.10 Å². The van der Waals surface area contributed by atoms with Gasteiger partial charge in [-0.05, 0) is 6.42 Å². The Balaban J connectivity index is 3.32. The Labute approximate surface area is 53.4 Å². The Kier molecular flexibility index (Phi) is 4.61. The predicted octanol–water partition coefficient (Wildman–Crippen LogP) is -1.92. The predicted molar refractivity (Wildman–Crippen MR) is 30.8 cm³/mol. The van der Waals surface area contributed by atoms with E-state index in [4.69, 9.17) is 20.4 Å². The fraction of sp³-hybridized carbons (Fsp3) is 1.00. The van der Waals surface area contributed by atoms with Crippen LogP contribution in [0.5, 0.6) is 0 Å². The van der Waals surface area contributed by atoms with Gasteiger partial charge in [0.05, 0.1) is 12.7 Å². The van der Waals surface area contributed by atoms with Crippen molar-refractivity contribution in [1.29, 1.82) is 0 Å². The summed E-state index contributed by atoms with van der Waals surface area (Å²) in [4.78, 5) is 0. The second-order valence-electron chi connectivity index (χ2n) is 1.83. The summed E-state index contributed by atoms with van der Waals surface area (Å²) in [7, 11) is 0. The Morgan fingerprint density at radius 1 is 1.00 bits per heavy atom. The standard InChI is InChI=1S/C5H12O4/c6-2-1-4(8)5(9)3-7/h4-9H,1-3H2/t4-,5+/m0/s1. The van der Waals surface area contributed by atoms with Gasteiger partial charge in [-0.1, -0.05) is 0 Å². The average molecular weight is 136 g/mol. The van der Waals surface area contributed by atoms with Crippen molar-refractivity contribution in [3.05, 3.63) is 0 Å². The molecule has 0 saturated carbocycles. The van der Waals surface area contributed by atoms with Crippen LogP contribution < -0.4 is 0 Å². The van der Waals surface area contributed by atoms with Crippen LogP contribution in [0.25, 0.3) is 0 Å². The first-order chi connectivity index (χ1) is 4.22. The van der Waals surface area contributed by atoms with Gasteiger partial charge in [0.15, 0.2) is 0 Å². The molecule has 0 fully saturated rings. The SMILES string of the molecule is OCC[C@H](O)[C@H](O)CO. The van der Waals surface area contributed by atoms with E-state index in [0.29, 0.717) is 0 Å². The monoisotopic (exact) mass is 136 g/mol. The minimum absolute atomic E-state index is 0.0989. The highest BCUT2D eigenvalue weighted by molar-refractivity contribution is 4.64. The van der Waals surface area contributed by atoms with Gasteiger partial charge in [-0.2, -0.15) is 0 Å². The first kappa shape index (κ1) is 8.84. The lowest BCUT2D eigenvalue weighted by Gasteiger charge is -2.12. The third-order valence-electron chi connectivity index (χ3n) is 1.06. The normalized spacial score (nSPS) is 17.3. The van der Waals surface area contributed by atoms with Gasteiger partial charge in [-0.25, -0.2) is 0 Å². The summed E-state index contributed by atoms with van der Waals surface area (Å²) in [6.45, 7) is -0.653. The van der Waals surface area contributed by atoms with Crippen LogP contribution in [0.3, 0.4) is 0 Å². The van der Waals surface area contributed by atoms with Gasteiger partial charge in [-0.3, -0.25) is 0 Å². The van der Waals surface area contributed by atoms with E-state index in [2.05, 4.69) is 0 Å². The number of aliphatic hydroxyl groups excluding tert-OH is 4. The maximum absolute atomic E-state index is 8.75. The summed E-state index contributed by atoms with van der Waals surface area (Å²) in [5, 5.41) is 33.9. The fourth-order valence-electron chi connectivity index (χ4n) is 0.446. The summed E-state index contributed by atoms with van der Waals surface area (Å²) in [6.07, 6.45) is -2.04. The van der Waals surface area contributed by atoms with Crippen molar-refractivity contribution in [2.24, 2.45) is 0 Å². The summed E-state index contributed by atoms with van der Waals surface area (Å²) in [5.41, 5.74) is 0. The van der Waals surface area contributed by atoms with Gasteiger partial charge in [-0.15, -0.1) is 0 Å². The minimum atomic E-state index is -1.13. The molecule has 0 saturated heterocycles. The van der Waals surface area contributed by atoms with Crippen LogP contribution in [0.15, 0.2) is 0 Å². The topological polar surface area (TPSA) is 80.9 Å². The minimum Gasteiger partial charge on any atom is -0.396 e. The molecule has 0 aromatic carbocycles. The van der Waals surface area contributed by atoms with Crippen LogP contribution in [0.1, 0.15) is 6.42 Å². The molecule has 0 aliphatic rings. The van der Waals surface area contributed by atoms with E-state index >= 15 is 0 Å². The van der Waals surface area contributed by atoms with Crippen LogP contribution in [0, 0.1) is 0 Å². The van der Waals surface area contributed by atoms with E-state index < -0.39 is 18.8 Å². The molecule has 0 aromatic rings. The van der Waals surface area contributed by atoms with Gasteiger partial charge < -0.3 is 20.4 Å². The lowest BCUT2D eigenvalue weighted by atomic mass is 10.1. The second kappa shape index (κ2) is 4.69. The van der Waals surface area contributed by atoms with Gasteiger partial charge >= 0.3 is 0 Å². The molecular weight excluding hydrogens is 124 g/mol. The molecule has 4 heteroatoms. The molecule has 4 N–H and O–H groups in total. The molecule has 0 heterocycles. The van der Waals surface area contributed by atoms with E-state index in [1.165, 1.54) is 0 Å². The molecule has 0 spiro atoms. The zero-order chi connectivity index (χ0) is 7.28. The van der Waals surface area contributed by atoms with Crippen molar-refractivity contribution >= 4 is 0 Å². The van der Waals surface area contributed by atoms with Crippen LogP contribution in [-0.4, -0.2) is 45.8 Å². The van der Waals surface area contributed by atoms with Crippen molar-refractivity contribution in [3.63, 3.8) is 0 Å². The third kappa shape index (κ3) is 3.42. The first-order valence-corrected chi connectivity index (χ1v) is 2.80.